The maximum atomic E-state index is 10.4. The number of hydrogen-bond acceptors (Lipinski definition) is 6. The van der Waals surface area contributed by atoms with Gasteiger partial charge in [-0.05, 0) is 29.7 Å². The minimum atomic E-state index is -1.60. The van der Waals surface area contributed by atoms with Crippen LogP contribution in [0.3, 0.4) is 0 Å². The van der Waals surface area contributed by atoms with E-state index >= 15 is 0 Å². The number of ether oxygens (including phenoxy) is 2. The molecule has 130 valence electrons. The van der Waals surface area contributed by atoms with Crippen LogP contribution >= 0.6 is 11.6 Å². The number of aryl methyl sites for hydroxylation is 1. The second-order valence-corrected chi connectivity index (χ2v) is 6.08. The number of fused-ring (bicyclic) bond motifs is 2. The molecule has 4 N–H and O–H groups in total. The average molecular weight is 371 g/mol. The van der Waals surface area contributed by atoms with Crippen molar-refractivity contribution in [1.82, 2.24) is 0 Å². The Morgan fingerprint density at radius 1 is 1.26 bits per heavy atom. The van der Waals surface area contributed by atoms with Gasteiger partial charge in [0, 0.05) is 48.3 Å². The van der Waals surface area contributed by atoms with Crippen LogP contribution in [-0.4, -0.2) is 51.4 Å². The van der Waals surface area contributed by atoms with E-state index in [0.29, 0.717) is 17.0 Å². The van der Waals surface area contributed by atoms with Crippen molar-refractivity contribution in [2.24, 2.45) is 0 Å². The van der Waals surface area contributed by atoms with Gasteiger partial charge in [-0.15, -0.1) is 0 Å². The predicted molar refractivity (Wildman–Crippen MR) is 77.3 cm³/mol. The molecule has 2 aliphatic rings. The Labute approximate surface area is 169 Å². The molecule has 0 aromatic heterocycles. The first-order valence-electron chi connectivity index (χ1n) is 7.23. The summed E-state index contributed by atoms with van der Waals surface area (Å²) in [5, 5.41) is 40.3. The van der Waals surface area contributed by atoms with Gasteiger partial charge in [0.05, 0.1) is 13.2 Å². The fraction of sp³-hybridized carbons (Fsp3) is 0.600. The van der Waals surface area contributed by atoms with Gasteiger partial charge in [0.2, 0.25) is 5.79 Å². The average Bonchev–Trinajstić information content (AvgIpc) is 2.86. The Hall–Kier alpha value is 0.530. The minimum absolute atomic E-state index is 0. The topological polar surface area (TPSA) is 99.4 Å². The first-order chi connectivity index (χ1) is 10.4. The van der Waals surface area contributed by atoms with Crippen LogP contribution in [0.15, 0.2) is 12.1 Å². The van der Waals surface area contributed by atoms with Gasteiger partial charge >= 0.3 is 0 Å². The van der Waals surface area contributed by atoms with Gasteiger partial charge in [-0.2, -0.15) is 0 Å². The molecular weight excluding hydrogens is 352 g/mol. The molecule has 1 saturated heterocycles. The normalized spacial score (nSPS) is 35.9. The smallest absolute Gasteiger partial charge is 0.225 e. The molecule has 23 heavy (non-hydrogen) atoms. The van der Waals surface area contributed by atoms with Gasteiger partial charge in [-0.25, -0.2) is 0 Å². The second kappa shape index (κ2) is 7.41. The molecule has 0 unspecified atom stereocenters. The Morgan fingerprint density at radius 3 is 2.57 bits per heavy atom. The van der Waals surface area contributed by atoms with Gasteiger partial charge in [0.1, 0.15) is 24.4 Å². The van der Waals surface area contributed by atoms with E-state index < -0.39 is 36.8 Å². The molecule has 8 heteroatoms. The number of halogens is 1. The van der Waals surface area contributed by atoms with E-state index in [-0.39, 0.29) is 44.3 Å². The van der Waals surface area contributed by atoms with Crippen LogP contribution < -0.4 is 0 Å². The molecule has 1 spiro atoms. The standard InChI is InChI=1S/C15H19ClO6.Ar/c1-2-7-3-9-8(4-10(7)16)6-21-15(9)14(20)13(19)12(18)11(5-17)22-15;/h3-4,11-14,17-20H,2,5-6H2,1H3;/t11-,12-,13+,14-,15+;/m1./s1. The molecule has 1 fully saturated rings. The van der Waals surface area contributed by atoms with Crippen molar-refractivity contribution in [2.45, 2.75) is 50.2 Å². The van der Waals surface area contributed by atoms with E-state index in [2.05, 4.69) is 0 Å². The third-order valence-electron chi connectivity index (χ3n) is 4.42. The Bertz CT molecular complexity index is 583. The summed E-state index contributed by atoms with van der Waals surface area (Å²) in [4.78, 5) is 0. The van der Waals surface area contributed by atoms with Gasteiger partial charge in [0.25, 0.3) is 0 Å². The van der Waals surface area contributed by atoms with Crippen LogP contribution in [0.5, 0.6) is 0 Å². The number of benzene rings is 1. The molecule has 0 radical (unpaired) electrons. The maximum absolute atomic E-state index is 10.4. The summed E-state index contributed by atoms with van der Waals surface area (Å²) in [6.07, 6.45) is -4.72. The molecular formula is C15H19ArClO6. The van der Waals surface area contributed by atoms with Crippen LogP contribution in [0, 0.1) is 37.7 Å². The number of aliphatic hydroxyl groups excluding tert-OH is 4. The molecule has 1 aromatic carbocycles. The molecule has 2 heterocycles. The molecule has 1 aromatic rings. The Balaban J connectivity index is 0.00000192. The summed E-state index contributed by atoms with van der Waals surface area (Å²) < 4.78 is 11.3. The molecule has 0 bridgehead atoms. The van der Waals surface area contributed by atoms with Crippen molar-refractivity contribution in [3.63, 3.8) is 0 Å². The molecule has 0 aliphatic carbocycles. The Morgan fingerprint density at radius 2 is 1.96 bits per heavy atom. The fourth-order valence-corrected chi connectivity index (χ4v) is 3.44. The van der Waals surface area contributed by atoms with Gasteiger partial charge < -0.3 is 29.9 Å². The van der Waals surface area contributed by atoms with E-state index in [1.165, 1.54) is 0 Å². The summed E-state index contributed by atoms with van der Waals surface area (Å²) in [6.45, 7) is 1.61. The molecule has 3 rings (SSSR count). The first-order valence-corrected chi connectivity index (χ1v) is 7.61. The molecule has 0 amide bonds. The van der Waals surface area contributed by atoms with Crippen molar-refractivity contribution >= 4 is 11.6 Å². The van der Waals surface area contributed by atoms with Crippen molar-refractivity contribution in [1.29, 1.82) is 0 Å². The third-order valence-corrected chi connectivity index (χ3v) is 4.77. The minimum Gasteiger partial charge on any atom is -0.394 e. The van der Waals surface area contributed by atoms with Crippen LogP contribution in [0.1, 0.15) is 23.6 Å². The van der Waals surface area contributed by atoms with Crippen molar-refractivity contribution in [3.8, 4) is 0 Å². The van der Waals surface area contributed by atoms with Crippen LogP contribution in [0.2, 0.25) is 5.02 Å². The fourth-order valence-electron chi connectivity index (χ4n) is 3.12. The predicted octanol–water partition coefficient (Wildman–Crippen LogP) is 0.0592. The molecule has 0 saturated carbocycles. The zero-order chi connectivity index (χ0) is 16.1. The van der Waals surface area contributed by atoms with Crippen molar-refractivity contribution in [3.05, 3.63) is 33.8 Å². The number of aliphatic hydroxyl groups is 4. The summed E-state index contributed by atoms with van der Waals surface area (Å²) in [7, 11) is 0. The molecule has 5 atom stereocenters. The van der Waals surface area contributed by atoms with Gasteiger partial charge in [-0.3, -0.25) is 0 Å². The molecule has 6 nitrogen and oxygen atoms in total. The van der Waals surface area contributed by atoms with E-state index in [9.17, 15) is 20.4 Å². The second-order valence-electron chi connectivity index (χ2n) is 5.68. The monoisotopic (exact) mass is 370 g/mol. The first kappa shape index (κ1) is 19.8. The zero-order valence-corrected chi connectivity index (χ0v) is 13.9. The summed E-state index contributed by atoms with van der Waals surface area (Å²) in [5.74, 6) is -1.60. The Kier molecular flexibility index (Phi) is 6.40. The summed E-state index contributed by atoms with van der Waals surface area (Å²) >= 11 is 6.19. The summed E-state index contributed by atoms with van der Waals surface area (Å²) in [6, 6.07) is 3.54. The zero-order valence-electron chi connectivity index (χ0n) is 12.4. The quantitative estimate of drug-likeness (QED) is 0.587. The largest absolute Gasteiger partial charge is 0.394 e. The van der Waals surface area contributed by atoms with Gasteiger partial charge in [0.15, 0.2) is 0 Å². The van der Waals surface area contributed by atoms with E-state index in [4.69, 9.17) is 21.1 Å². The number of hydrogen-bond donors (Lipinski definition) is 4. The molecule has 2 aliphatic heterocycles. The number of rotatable bonds is 2. The van der Waals surface area contributed by atoms with Gasteiger partial charge in [-0.1, -0.05) is 18.5 Å². The van der Waals surface area contributed by atoms with Crippen LogP contribution in [0.25, 0.3) is 0 Å². The van der Waals surface area contributed by atoms with E-state index in [1.54, 1.807) is 12.1 Å². The van der Waals surface area contributed by atoms with E-state index in [0.717, 1.165) is 11.1 Å². The van der Waals surface area contributed by atoms with Crippen molar-refractivity contribution < 1.29 is 67.6 Å². The van der Waals surface area contributed by atoms with Crippen molar-refractivity contribution in [2.75, 3.05) is 6.61 Å². The van der Waals surface area contributed by atoms with Crippen LogP contribution in [-0.2, 0) is 28.3 Å². The maximum Gasteiger partial charge on any atom is 0.225 e. The van der Waals surface area contributed by atoms with E-state index in [1.807, 2.05) is 6.92 Å². The SMILES string of the molecule is CCc1cc2c(cc1Cl)CO[C@]21O[C@H](CO)[C@@H](O)[C@H](O)[C@H]1O.[Ar]. The van der Waals surface area contributed by atoms with Crippen LogP contribution in [0.4, 0.5) is 0 Å². The third kappa shape index (κ3) is 3.08. The summed E-state index contributed by atoms with van der Waals surface area (Å²) in [5.41, 5.74) is 2.19.